The fourth-order valence-electron chi connectivity index (χ4n) is 3.21. The number of hydrogen-bond acceptors (Lipinski definition) is 6. The predicted molar refractivity (Wildman–Crippen MR) is 106 cm³/mol. The molecule has 1 aromatic rings. The van der Waals surface area contributed by atoms with Gasteiger partial charge < -0.3 is 11.1 Å². The number of rotatable bonds is 7. The van der Waals surface area contributed by atoms with Crippen LogP contribution in [0, 0.1) is 17.8 Å². The monoisotopic (exact) mass is 410 g/mol. The van der Waals surface area contributed by atoms with Crippen LogP contribution in [0.2, 0.25) is 0 Å². The topological polar surface area (TPSA) is 136 Å². The summed E-state index contributed by atoms with van der Waals surface area (Å²) in [5.41, 5.74) is 6.87. The summed E-state index contributed by atoms with van der Waals surface area (Å²) in [5, 5.41) is 3.16. The van der Waals surface area contributed by atoms with Gasteiger partial charge in [0.2, 0.25) is 11.8 Å². The number of nitrogens with two attached hydrogens (primary N) is 2. The second-order valence-corrected chi connectivity index (χ2v) is 7.23. The molecule has 1 aliphatic heterocycles. The second kappa shape index (κ2) is 9.77. The molecule has 1 aromatic carbocycles. The SMILES string of the molecule is CC(C)[C@H](NC(=O)C[C@H](N)c1ccccc1)C(=O)[C@@H]1C(=O)N(N)C(=O)[C@H]1C.Cl. The Morgan fingerprint density at radius 1 is 1.14 bits per heavy atom. The fraction of sp³-hybridized carbons (Fsp3) is 0.474. The highest BCUT2D eigenvalue weighted by Crippen LogP contribution is 2.27. The third kappa shape index (κ3) is 4.95. The van der Waals surface area contributed by atoms with Crippen LogP contribution in [0.3, 0.4) is 0 Å². The molecule has 0 radical (unpaired) electrons. The molecule has 154 valence electrons. The molecule has 2 rings (SSSR count). The Morgan fingerprint density at radius 3 is 2.18 bits per heavy atom. The van der Waals surface area contributed by atoms with Crippen molar-refractivity contribution < 1.29 is 19.2 Å². The zero-order chi connectivity index (χ0) is 20.3. The summed E-state index contributed by atoms with van der Waals surface area (Å²) in [4.78, 5) is 49.4. The standard InChI is InChI=1S/C19H26N4O4.ClH/c1-10(2)16(17(25)15-11(3)18(26)23(21)19(15)27)22-14(24)9-13(20)12-7-5-4-6-8-12;/h4-8,10-11,13,15-16H,9,20-21H2,1-3H3,(H,22,24);1H/t11-,13-,15+,16-;/m0./s1. The van der Waals surface area contributed by atoms with Gasteiger partial charge in [-0.2, -0.15) is 0 Å². The van der Waals surface area contributed by atoms with E-state index in [-0.39, 0.29) is 24.7 Å². The Kier molecular flexibility index (Phi) is 8.29. The molecule has 0 bridgehead atoms. The van der Waals surface area contributed by atoms with E-state index in [4.69, 9.17) is 11.6 Å². The number of nitrogens with zero attached hydrogens (tertiary/aromatic N) is 1. The largest absolute Gasteiger partial charge is 0.346 e. The molecular formula is C19H27ClN4O4. The first kappa shape index (κ1) is 23.7. The first-order valence-electron chi connectivity index (χ1n) is 8.91. The van der Waals surface area contributed by atoms with Crippen molar-refractivity contribution in [3.63, 3.8) is 0 Å². The number of imide groups is 1. The van der Waals surface area contributed by atoms with Crippen molar-refractivity contribution in [2.75, 3.05) is 0 Å². The van der Waals surface area contributed by atoms with Crippen molar-refractivity contribution in [2.45, 2.75) is 39.3 Å². The fourth-order valence-corrected chi connectivity index (χ4v) is 3.21. The molecule has 3 amide bonds. The Morgan fingerprint density at radius 2 is 1.71 bits per heavy atom. The van der Waals surface area contributed by atoms with Crippen molar-refractivity contribution in [1.29, 1.82) is 0 Å². The number of benzene rings is 1. The molecule has 1 aliphatic rings. The molecule has 5 N–H and O–H groups in total. The van der Waals surface area contributed by atoms with E-state index in [0.717, 1.165) is 5.56 Å². The van der Waals surface area contributed by atoms with Gasteiger partial charge in [-0.3, -0.25) is 19.2 Å². The number of hydrazine groups is 1. The minimum atomic E-state index is -1.18. The van der Waals surface area contributed by atoms with Crippen LogP contribution in [0.5, 0.6) is 0 Å². The number of hydrogen-bond donors (Lipinski definition) is 3. The minimum absolute atomic E-state index is 0. The summed E-state index contributed by atoms with van der Waals surface area (Å²) in [7, 11) is 0. The molecule has 0 spiro atoms. The maximum Gasteiger partial charge on any atom is 0.255 e. The van der Waals surface area contributed by atoms with Gasteiger partial charge in [0.15, 0.2) is 5.78 Å². The van der Waals surface area contributed by atoms with Gasteiger partial charge in [-0.25, -0.2) is 10.9 Å². The van der Waals surface area contributed by atoms with Crippen molar-refractivity contribution in [3.8, 4) is 0 Å². The summed E-state index contributed by atoms with van der Waals surface area (Å²) in [5.74, 6) is 0.888. The Hall–Kier alpha value is -2.29. The normalized spacial score (nSPS) is 21.3. The van der Waals surface area contributed by atoms with E-state index in [0.29, 0.717) is 5.01 Å². The quantitative estimate of drug-likeness (QED) is 0.262. The van der Waals surface area contributed by atoms with E-state index < -0.39 is 47.4 Å². The molecule has 1 heterocycles. The molecule has 0 unspecified atom stereocenters. The highest BCUT2D eigenvalue weighted by molar-refractivity contribution is 6.16. The van der Waals surface area contributed by atoms with Crippen molar-refractivity contribution in [3.05, 3.63) is 35.9 Å². The van der Waals surface area contributed by atoms with Crippen LogP contribution < -0.4 is 16.9 Å². The molecule has 1 fully saturated rings. The average Bonchev–Trinajstić information content (AvgIpc) is 2.82. The van der Waals surface area contributed by atoms with Gasteiger partial charge in [0.05, 0.1) is 12.0 Å². The van der Waals surface area contributed by atoms with Gasteiger partial charge in [-0.05, 0) is 11.5 Å². The van der Waals surface area contributed by atoms with E-state index >= 15 is 0 Å². The smallest absolute Gasteiger partial charge is 0.255 e. The first-order valence-corrected chi connectivity index (χ1v) is 8.91. The predicted octanol–water partition coefficient (Wildman–Crippen LogP) is 0.703. The molecule has 28 heavy (non-hydrogen) atoms. The molecular weight excluding hydrogens is 384 g/mol. The molecule has 4 atom stereocenters. The summed E-state index contributed by atoms with van der Waals surface area (Å²) in [6.45, 7) is 5.00. The number of carbonyl (C=O) groups is 4. The zero-order valence-electron chi connectivity index (χ0n) is 16.1. The van der Waals surface area contributed by atoms with E-state index in [2.05, 4.69) is 5.32 Å². The Bertz CT molecular complexity index is 741. The molecule has 8 nitrogen and oxygen atoms in total. The summed E-state index contributed by atoms with van der Waals surface area (Å²) in [6, 6.07) is 7.74. The maximum absolute atomic E-state index is 12.9. The number of ketones is 1. The first-order chi connectivity index (χ1) is 12.6. The van der Waals surface area contributed by atoms with Crippen molar-refractivity contribution in [2.24, 2.45) is 29.3 Å². The van der Waals surface area contributed by atoms with Crippen LogP contribution in [0.1, 0.15) is 38.8 Å². The molecule has 0 saturated carbocycles. The highest BCUT2D eigenvalue weighted by atomic mass is 35.5. The molecule has 0 aliphatic carbocycles. The lowest BCUT2D eigenvalue weighted by Crippen LogP contribution is -2.49. The van der Waals surface area contributed by atoms with Gasteiger partial charge in [0.25, 0.3) is 5.91 Å². The minimum Gasteiger partial charge on any atom is -0.346 e. The molecule has 1 saturated heterocycles. The lowest BCUT2D eigenvalue weighted by molar-refractivity contribution is -0.142. The number of halogens is 1. The van der Waals surface area contributed by atoms with Crippen LogP contribution in [0.4, 0.5) is 0 Å². The Labute approximate surface area is 170 Å². The second-order valence-electron chi connectivity index (χ2n) is 7.23. The zero-order valence-corrected chi connectivity index (χ0v) is 16.9. The third-order valence-electron chi connectivity index (χ3n) is 4.86. The van der Waals surface area contributed by atoms with Gasteiger partial charge in [0.1, 0.15) is 5.92 Å². The van der Waals surface area contributed by atoms with E-state index in [1.807, 2.05) is 30.3 Å². The van der Waals surface area contributed by atoms with E-state index in [9.17, 15) is 19.2 Å². The van der Waals surface area contributed by atoms with Gasteiger partial charge >= 0.3 is 0 Å². The van der Waals surface area contributed by atoms with Crippen LogP contribution in [-0.2, 0) is 19.2 Å². The number of nitrogens with one attached hydrogen (secondary N) is 1. The Balaban J connectivity index is 0.00000392. The third-order valence-corrected chi connectivity index (χ3v) is 4.86. The summed E-state index contributed by atoms with van der Waals surface area (Å²) in [6.07, 6.45) is -0.00335. The lowest BCUT2D eigenvalue weighted by Gasteiger charge is -2.25. The van der Waals surface area contributed by atoms with Gasteiger partial charge in [0, 0.05) is 12.5 Å². The van der Waals surface area contributed by atoms with Crippen LogP contribution in [0.15, 0.2) is 30.3 Å². The molecule has 9 heteroatoms. The lowest BCUT2D eigenvalue weighted by atomic mass is 9.85. The van der Waals surface area contributed by atoms with Crippen LogP contribution in [-0.4, -0.2) is 34.6 Å². The van der Waals surface area contributed by atoms with Gasteiger partial charge in [-0.1, -0.05) is 51.1 Å². The summed E-state index contributed by atoms with van der Waals surface area (Å²) < 4.78 is 0. The van der Waals surface area contributed by atoms with Gasteiger partial charge in [-0.15, -0.1) is 12.4 Å². The van der Waals surface area contributed by atoms with E-state index in [1.165, 1.54) is 6.92 Å². The highest BCUT2D eigenvalue weighted by Gasteiger charge is 2.50. The van der Waals surface area contributed by atoms with Crippen molar-refractivity contribution in [1.82, 2.24) is 10.3 Å². The average molecular weight is 411 g/mol. The number of Topliss-reactive ketones (excluding diaryl/α,β-unsaturated/α-hetero) is 1. The van der Waals surface area contributed by atoms with Crippen LogP contribution in [0.25, 0.3) is 0 Å². The van der Waals surface area contributed by atoms with Crippen molar-refractivity contribution >= 4 is 35.9 Å². The number of amides is 3. The van der Waals surface area contributed by atoms with E-state index in [1.54, 1.807) is 13.8 Å². The maximum atomic E-state index is 12.9. The summed E-state index contributed by atoms with van der Waals surface area (Å²) >= 11 is 0. The van der Waals surface area contributed by atoms with Crippen LogP contribution >= 0.6 is 12.4 Å². The number of carbonyl (C=O) groups excluding carboxylic acids is 4. The molecule has 0 aromatic heterocycles.